The van der Waals surface area contributed by atoms with Crippen LogP contribution in [-0.2, 0) is 11.2 Å². The van der Waals surface area contributed by atoms with Crippen molar-refractivity contribution in [2.24, 2.45) is 0 Å². The highest BCUT2D eigenvalue weighted by Crippen LogP contribution is 2.19. The van der Waals surface area contributed by atoms with E-state index in [0.717, 1.165) is 12.1 Å². The molecule has 0 radical (unpaired) electrons. The van der Waals surface area contributed by atoms with E-state index in [9.17, 15) is 18.4 Å². The second-order valence-corrected chi connectivity index (χ2v) is 6.17. The Morgan fingerprint density at radius 2 is 1.81 bits per heavy atom. The summed E-state index contributed by atoms with van der Waals surface area (Å²) in [4.78, 5) is 28.2. The van der Waals surface area contributed by atoms with Crippen molar-refractivity contribution in [3.63, 3.8) is 0 Å². The minimum absolute atomic E-state index is 0.103. The number of hydrogen-bond acceptors (Lipinski definition) is 4. The van der Waals surface area contributed by atoms with Crippen molar-refractivity contribution in [3.8, 4) is 0 Å². The summed E-state index contributed by atoms with van der Waals surface area (Å²) in [7, 11) is 0. The molecular formula is C18H13F2N3O2S. The lowest BCUT2D eigenvalue weighted by atomic mass is 10.2. The SMILES string of the molecule is O=C(Cc1csc(NC(=O)c2ccccc2)n1)Nc1ccc(F)cc1F. The lowest BCUT2D eigenvalue weighted by Gasteiger charge is -2.05. The average molecular weight is 373 g/mol. The molecule has 1 heterocycles. The number of carbonyl (C=O) groups excluding carboxylic acids is 2. The fourth-order valence-corrected chi connectivity index (χ4v) is 2.86. The molecular weight excluding hydrogens is 360 g/mol. The van der Waals surface area contributed by atoms with E-state index in [0.29, 0.717) is 22.5 Å². The first-order chi connectivity index (χ1) is 12.5. The summed E-state index contributed by atoms with van der Waals surface area (Å²) in [5, 5.41) is 6.99. The normalized spacial score (nSPS) is 10.4. The van der Waals surface area contributed by atoms with Gasteiger partial charge in [-0.2, -0.15) is 0 Å². The van der Waals surface area contributed by atoms with Gasteiger partial charge in [0.15, 0.2) is 5.13 Å². The second kappa shape index (κ2) is 7.83. The van der Waals surface area contributed by atoms with E-state index in [1.165, 1.54) is 11.3 Å². The van der Waals surface area contributed by atoms with Gasteiger partial charge in [-0.25, -0.2) is 13.8 Å². The number of hydrogen-bond donors (Lipinski definition) is 2. The summed E-state index contributed by atoms with van der Waals surface area (Å²) in [6.07, 6.45) is -0.103. The van der Waals surface area contributed by atoms with Crippen molar-refractivity contribution in [2.75, 3.05) is 10.6 Å². The van der Waals surface area contributed by atoms with Gasteiger partial charge >= 0.3 is 0 Å². The highest BCUT2D eigenvalue weighted by atomic mass is 32.1. The smallest absolute Gasteiger partial charge is 0.257 e. The molecule has 5 nitrogen and oxygen atoms in total. The number of aromatic nitrogens is 1. The summed E-state index contributed by atoms with van der Waals surface area (Å²) in [6.45, 7) is 0. The third-order valence-corrected chi connectivity index (χ3v) is 4.16. The van der Waals surface area contributed by atoms with Crippen LogP contribution >= 0.6 is 11.3 Å². The molecule has 0 unspecified atom stereocenters. The Morgan fingerprint density at radius 1 is 1.04 bits per heavy atom. The topological polar surface area (TPSA) is 71.1 Å². The van der Waals surface area contributed by atoms with Gasteiger partial charge in [-0.3, -0.25) is 14.9 Å². The van der Waals surface area contributed by atoms with Crippen molar-refractivity contribution in [3.05, 3.63) is 76.8 Å². The summed E-state index contributed by atoms with van der Waals surface area (Å²) in [6, 6.07) is 11.6. The summed E-state index contributed by atoms with van der Waals surface area (Å²) in [5.74, 6) is -2.38. The van der Waals surface area contributed by atoms with Gasteiger partial charge in [-0.1, -0.05) is 18.2 Å². The molecule has 0 fully saturated rings. The first-order valence-corrected chi connectivity index (χ1v) is 8.45. The zero-order valence-electron chi connectivity index (χ0n) is 13.3. The molecule has 0 aliphatic carbocycles. The van der Waals surface area contributed by atoms with Crippen LogP contribution in [0.15, 0.2) is 53.9 Å². The van der Waals surface area contributed by atoms with E-state index < -0.39 is 17.5 Å². The van der Waals surface area contributed by atoms with Crippen molar-refractivity contribution in [1.82, 2.24) is 4.98 Å². The van der Waals surface area contributed by atoms with Crippen LogP contribution in [0.5, 0.6) is 0 Å². The summed E-state index contributed by atoms with van der Waals surface area (Å²) < 4.78 is 26.4. The maximum atomic E-state index is 13.5. The lowest BCUT2D eigenvalue weighted by molar-refractivity contribution is -0.115. The molecule has 132 valence electrons. The maximum Gasteiger partial charge on any atom is 0.257 e. The largest absolute Gasteiger partial charge is 0.323 e. The fraction of sp³-hybridized carbons (Fsp3) is 0.0556. The minimum Gasteiger partial charge on any atom is -0.323 e. The van der Waals surface area contributed by atoms with Crippen LogP contribution in [0.1, 0.15) is 16.1 Å². The van der Waals surface area contributed by atoms with Crippen LogP contribution in [-0.4, -0.2) is 16.8 Å². The zero-order chi connectivity index (χ0) is 18.5. The molecule has 0 aliphatic rings. The van der Waals surface area contributed by atoms with Crippen LogP contribution in [0.3, 0.4) is 0 Å². The van der Waals surface area contributed by atoms with E-state index >= 15 is 0 Å². The van der Waals surface area contributed by atoms with Crippen LogP contribution in [0.2, 0.25) is 0 Å². The van der Waals surface area contributed by atoms with Gasteiger partial charge in [-0.05, 0) is 24.3 Å². The van der Waals surface area contributed by atoms with E-state index in [-0.39, 0.29) is 18.0 Å². The van der Waals surface area contributed by atoms with Gasteiger partial charge in [-0.15, -0.1) is 11.3 Å². The minimum atomic E-state index is -0.854. The lowest BCUT2D eigenvalue weighted by Crippen LogP contribution is -2.16. The Hall–Kier alpha value is -3.13. The van der Waals surface area contributed by atoms with E-state index in [1.54, 1.807) is 35.7 Å². The summed E-state index contributed by atoms with van der Waals surface area (Å²) in [5.41, 5.74) is 0.816. The third kappa shape index (κ3) is 4.48. The number of thiazole rings is 1. The number of nitrogens with zero attached hydrogens (tertiary/aromatic N) is 1. The molecule has 3 aromatic rings. The van der Waals surface area contributed by atoms with Gasteiger partial charge < -0.3 is 5.32 Å². The highest BCUT2D eigenvalue weighted by Gasteiger charge is 2.13. The zero-order valence-corrected chi connectivity index (χ0v) is 14.1. The van der Waals surface area contributed by atoms with Crippen LogP contribution in [0.4, 0.5) is 19.6 Å². The molecule has 0 bridgehead atoms. The number of nitrogens with one attached hydrogen (secondary N) is 2. The first-order valence-electron chi connectivity index (χ1n) is 7.57. The Labute approximate surface area is 151 Å². The van der Waals surface area contributed by atoms with E-state index in [4.69, 9.17) is 0 Å². The molecule has 3 rings (SSSR count). The molecule has 0 saturated carbocycles. The number of halogens is 2. The van der Waals surface area contributed by atoms with Crippen molar-refractivity contribution in [1.29, 1.82) is 0 Å². The molecule has 0 aliphatic heterocycles. The molecule has 26 heavy (non-hydrogen) atoms. The van der Waals surface area contributed by atoms with Crippen LogP contribution < -0.4 is 10.6 Å². The van der Waals surface area contributed by atoms with Gasteiger partial charge in [0.2, 0.25) is 5.91 Å². The quantitative estimate of drug-likeness (QED) is 0.714. The van der Waals surface area contributed by atoms with E-state index in [2.05, 4.69) is 15.6 Å². The number of rotatable bonds is 5. The van der Waals surface area contributed by atoms with Crippen molar-refractivity contribution >= 4 is 34.0 Å². The number of anilines is 2. The first kappa shape index (κ1) is 17.7. The third-order valence-electron chi connectivity index (χ3n) is 3.36. The monoisotopic (exact) mass is 373 g/mol. The molecule has 8 heteroatoms. The average Bonchev–Trinajstić information content (AvgIpc) is 3.05. The molecule has 0 atom stereocenters. The second-order valence-electron chi connectivity index (χ2n) is 5.31. The number of benzene rings is 2. The Kier molecular flexibility index (Phi) is 5.33. The van der Waals surface area contributed by atoms with Gasteiger partial charge in [0.05, 0.1) is 17.8 Å². The number of amides is 2. The van der Waals surface area contributed by atoms with Gasteiger partial charge in [0.1, 0.15) is 11.6 Å². The molecule has 2 N–H and O–H groups in total. The Morgan fingerprint density at radius 3 is 2.54 bits per heavy atom. The van der Waals surface area contributed by atoms with Gasteiger partial charge in [0.25, 0.3) is 5.91 Å². The Bertz CT molecular complexity index is 945. The fourth-order valence-electron chi connectivity index (χ4n) is 2.15. The van der Waals surface area contributed by atoms with Crippen LogP contribution in [0, 0.1) is 11.6 Å². The highest BCUT2D eigenvalue weighted by molar-refractivity contribution is 7.14. The number of carbonyl (C=O) groups is 2. The predicted molar refractivity (Wildman–Crippen MR) is 95.2 cm³/mol. The van der Waals surface area contributed by atoms with Crippen molar-refractivity contribution in [2.45, 2.75) is 6.42 Å². The van der Waals surface area contributed by atoms with Crippen molar-refractivity contribution < 1.29 is 18.4 Å². The molecule has 2 aromatic carbocycles. The molecule has 2 amide bonds. The summed E-state index contributed by atoms with van der Waals surface area (Å²) >= 11 is 1.18. The molecule has 0 saturated heterocycles. The predicted octanol–water partition coefficient (Wildman–Crippen LogP) is 3.85. The molecule has 0 spiro atoms. The molecule has 1 aromatic heterocycles. The van der Waals surface area contributed by atoms with Crippen LogP contribution in [0.25, 0.3) is 0 Å². The maximum absolute atomic E-state index is 13.5. The van der Waals surface area contributed by atoms with E-state index in [1.807, 2.05) is 0 Å². The van der Waals surface area contributed by atoms with Gasteiger partial charge in [0, 0.05) is 17.0 Å². The Balaban J connectivity index is 1.59. The standard InChI is InChI=1S/C18H13F2N3O2S/c19-12-6-7-15(14(20)8-12)22-16(24)9-13-10-26-18(21-13)23-17(25)11-4-2-1-3-5-11/h1-8,10H,9H2,(H,22,24)(H,21,23,25).